The summed E-state index contributed by atoms with van der Waals surface area (Å²) in [4.78, 5) is 11.1. The Bertz CT molecular complexity index is 799. The van der Waals surface area contributed by atoms with Crippen molar-refractivity contribution >= 4 is 12.0 Å². The number of aromatic carboxylic acids is 1. The Morgan fingerprint density at radius 2 is 2.00 bits per heavy atom. The summed E-state index contributed by atoms with van der Waals surface area (Å²) in [6.07, 6.45) is 11.9. The summed E-state index contributed by atoms with van der Waals surface area (Å²) in [6, 6.07) is 6.61. The average Bonchev–Trinajstić information content (AvgIpc) is 3.23. The zero-order chi connectivity index (χ0) is 20.4. The minimum Gasteiger partial charge on any atom is -0.545 e. The number of hydrogen-bond acceptors (Lipinski definition) is 5. The molecule has 6 heteroatoms. The van der Waals surface area contributed by atoms with Crippen LogP contribution in [0.3, 0.4) is 0 Å². The first-order valence-corrected chi connectivity index (χ1v) is 10.7. The van der Waals surface area contributed by atoms with Gasteiger partial charge in [-0.3, -0.25) is 0 Å². The smallest absolute Gasteiger partial charge is 0.545 e. The van der Waals surface area contributed by atoms with E-state index in [2.05, 4.69) is 0 Å². The molecule has 30 heavy (non-hydrogen) atoms. The zero-order valence-electron chi connectivity index (χ0n) is 17.6. The Kier molecular flexibility index (Phi) is 8.22. The van der Waals surface area contributed by atoms with Crippen LogP contribution >= 0.6 is 0 Å². The van der Waals surface area contributed by atoms with Crippen LogP contribution in [0.1, 0.15) is 60.9 Å². The number of hydrogen-bond donors (Lipinski definition) is 2. The van der Waals surface area contributed by atoms with Gasteiger partial charge in [0, 0.05) is 24.7 Å². The van der Waals surface area contributed by atoms with Crippen molar-refractivity contribution < 1.29 is 54.4 Å². The van der Waals surface area contributed by atoms with E-state index in [-0.39, 0.29) is 53.1 Å². The number of aliphatic hydroxyl groups is 2. The number of ether oxygens (including phenoxy) is 1. The number of fused-ring (bicyclic) bond motifs is 1. The van der Waals surface area contributed by atoms with E-state index in [4.69, 9.17) is 4.74 Å². The van der Waals surface area contributed by atoms with Gasteiger partial charge in [-0.15, -0.1) is 0 Å². The largest absolute Gasteiger partial charge is 1.00 e. The number of allylic oxidation sites excluding steroid dienone is 1. The van der Waals surface area contributed by atoms with Crippen LogP contribution in [-0.4, -0.2) is 34.5 Å². The molecule has 1 aromatic rings. The number of rotatable bonds is 5. The molecule has 0 amide bonds. The van der Waals surface area contributed by atoms with Gasteiger partial charge in [0.15, 0.2) is 0 Å². The van der Waals surface area contributed by atoms with Crippen molar-refractivity contribution in [2.45, 2.75) is 63.3 Å². The van der Waals surface area contributed by atoms with Gasteiger partial charge in [-0.05, 0) is 42.0 Å². The molecule has 0 radical (unpaired) electrons. The van der Waals surface area contributed by atoms with Gasteiger partial charge in [-0.1, -0.05) is 49.6 Å². The van der Waals surface area contributed by atoms with Crippen molar-refractivity contribution in [1.82, 2.24) is 0 Å². The molecule has 0 aromatic heterocycles. The summed E-state index contributed by atoms with van der Waals surface area (Å²) in [5, 5.41) is 32.1. The van der Waals surface area contributed by atoms with Gasteiger partial charge in [0.05, 0.1) is 23.9 Å². The summed E-state index contributed by atoms with van der Waals surface area (Å²) < 4.78 is 6.06. The van der Waals surface area contributed by atoms with Gasteiger partial charge < -0.3 is 24.9 Å². The molecule has 1 aliphatic heterocycles. The van der Waals surface area contributed by atoms with Gasteiger partial charge in [0.25, 0.3) is 0 Å². The second-order valence-electron chi connectivity index (χ2n) is 8.70. The second-order valence-corrected chi connectivity index (χ2v) is 8.70. The normalized spacial score (nSPS) is 31.3. The molecule has 1 heterocycles. The van der Waals surface area contributed by atoms with Crippen molar-refractivity contribution in [1.29, 1.82) is 0 Å². The van der Waals surface area contributed by atoms with Crippen LogP contribution in [0.25, 0.3) is 6.08 Å². The molecule has 3 aliphatic rings. The quantitative estimate of drug-likeness (QED) is 0.503. The zero-order valence-corrected chi connectivity index (χ0v) is 19.6. The number of carboxylic acid groups (broad SMARTS) is 1. The molecule has 1 aromatic carbocycles. The van der Waals surface area contributed by atoms with Gasteiger partial charge in [0.1, 0.15) is 6.10 Å². The number of carbonyl (C=O) groups excluding carboxylic acids is 1. The predicted molar refractivity (Wildman–Crippen MR) is 108 cm³/mol. The molecule has 5 atom stereocenters. The molecular weight excluding hydrogens is 391 g/mol. The third kappa shape index (κ3) is 5.38. The van der Waals surface area contributed by atoms with E-state index in [0.717, 1.165) is 24.2 Å². The van der Waals surface area contributed by atoms with Crippen LogP contribution in [0, 0.1) is 17.8 Å². The van der Waals surface area contributed by atoms with Gasteiger partial charge in [-0.2, -0.15) is 0 Å². The van der Waals surface area contributed by atoms with Crippen molar-refractivity contribution in [3.05, 3.63) is 53.3 Å². The summed E-state index contributed by atoms with van der Waals surface area (Å²) in [6.45, 7) is 0. The van der Waals surface area contributed by atoms with Crippen molar-refractivity contribution in [3.8, 4) is 0 Å². The van der Waals surface area contributed by atoms with Gasteiger partial charge >= 0.3 is 29.6 Å². The number of carboxylic acids is 1. The van der Waals surface area contributed by atoms with Crippen LogP contribution in [0.5, 0.6) is 0 Å². The maximum Gasteiger partial charge on any atom is 1.00 e. The standard InChI is InChI=1S/C24H30O5.Na/c25-21(16-6-2-1-3-7-16)10-9-19-20-13-18(29-23(20)14-22(19)26)12-15-5-4-8-17(11-15)24(27)28;/h4-5,8-12,16,19-23,25-26H,1-3,6-7,13-14H2,(H,27,28);/q;+1/p-1/b10-9+,18-12-;/t19-,20-,21-,22-,23+;/m1./s1. The molecular formula is C24H29NaO5. The topological polar surface area (TPSA) is 89.8 Å². The van der Waals surface area contributed by atoms with Gasteiger partial charge in [-0.25, -0.2) is 0 Å². The molecule has 0 bridgehead atoms. The van der Waals surface area contributed by atoms with Crippen LogP contribution < -0.4 is 34.7 Å². The average molecular weight is 420 g/mol. The van der Waals surface area contributed by atoms with Crippen LogP contribution in [0.4, 0.5) is 0 Å². The Balaban J connectivity index is 0.00000256. The Morgan fingerprint density at radius 1 is 1.23 bits per heavy atom. The maximum absolute atomic E-state index is 11.1. The van der Waals surface area contributed by atoms with Crippen molar-refractivity contribution in [3.63, 3.8) is 0 Å². The first-order valence-electron chi connectivity index (χ1n) is 10.7. The fourth-order valence-corrected chi connectivity index (χ4v) is 5.16. The minimum atomic E-state index is -1.20. The Hall–Kier alpha value is -1.11. The van der Waals surface area contributed by atoms with E-state index in [1.54, 1.807) is 12.1 Å². The monoisotopic (exact) mass is 420 g/mol. The number of aliphatic hydroxyl groups excluding tert-OH is 2. The molecule has 0 spiro atoms. The van der Waals surface area contributed by atoms with Crippen LogP contribution in [-0.2, 0) is 4.74 Å². The third-order valence-electron chi connectivity index (χ3n) is 6.74. The van der Waals surface area contributed by atoms with Crippen molar-refractivity contribution in [2.24, 2.45) is 17.8 Å². The van der Waals surface area contributed by atoms with Crippen molar-refractivity contribution in [2.75, 3.05) is 0 Å². The van der Waals surface area contributed by atoms with E-state index in [1.165, 1.54) is 25.3 Å². The summed E-state index contributed by atoms with van der Waals surface area (Å²) in [7, 11) is 0. The maximum atomic E-state index is 11.1. The van der Waals surface area contributed by atoms with E-state index in [9.17, 15) is 20.1 Å². The first kappa shape index (κ1) is 23.6. The van der Waals surface area contributed by atoms with E-state index in [1.807, 2.05) is 24.3 Å². The predicted octanol–water partition coefficient (Wildman–Crippen LogP) is -0.322. The SMILES string of the molecule is O=C([O-])c1cccc(/C=C2/C[C@@H]3[C@@H](/C=C/[C@@H](O)C4CCCCC4)[C@H](O)C[C@@H]3O2)c1.[Na+]. The number of carbonyl (C=O) groups is 1. The van der Waals surface area contributed by atoms with Crippen LogP contribution in [0.15, 0.2) is 42.2 Å². The minimum absolute atomic E-state index is 0. The summed E-state index contributed by atoms with van der Waals surface area (Å²) in [5.74, 6) is 0.0997. The molecule has 2 N–H and O–H groups in total. The Morgan fingerprint density at radius 3 is 2.73 bits per heavy atom. The molecule has 156 valence electrons. The molecule has 4 rings (SSSR count). The molecule has 2 aliphatic carbocycles. The second kappa shape index (κ2) is 10.5. The fraction of sp³-hybridized carbons (Fsp3) is 0.542. The molecule has 1 saturated heterocycles. The summed E-state index contributed by atoms with van der Waals surface area (Å²) in [5.41, 5.74) is 0.910. The molecule has 3 fully saturated rings. The van der Waals surface area contributed by atoms with E-state index >= 15 is 0 Å². The summed E-state index contributed by atoms with van der Waals surface area (Å²) >= 11 is 0. The number of benzene rings is 1. The van der Waals surface area contributed by atoms with E-state index < -0.39 is 18.2 Å². The third-order valence-corrected chi connectivity index (χ3v) is 6.74. The van der Waals surface area contributed by atoms with Gasteiger partial charge in [0.2, 0.25) is 0 Å². The first-order chi connectivity index (χ1) is 14.0. The fourth-order valence-electron chi connectivity index (χ4n) is 5.16. The molecule has 2 saturated carbocycles. The van der Waals surface area contributed by atoms with E-state index in [0.29, 0.717) is 18.8 Å². The molecule has 0 unspecified atom stereocenters. The molecule has 5 nitrogen and oxygen atoms in total. The Labute approximate surface area is 200 Å². The van der Waals surface area contributed by atoms with Crippen LogP contribution in [0.2, 0.25) is 0 Å².